The highest BCUT2D eigenvalue weighted by Crippen LogP contribution is 2.31. The van der Waals surface area contributed by atoms with E-state index >= 15 is 0 Å². The van der Waals surface area contributed by atoms with Crippen molar-refractivity contribution in [3.05, 3.63) is 28.3 Å². The molecule has 0 fully saturated rings. The number of aryl methyl sites for hydroxylation is 1. The fourth-order valence-electron chi connectivity index (χ4n) is 1.63. The first kappa shape index (κ1) is 13.3. The third kappa shape index (κ3) is 2.65. The first-order valence-corrected chi connectivity index (χ1v) is 5.35. The predicted octanol–water partition coefficient (Wildman–Crippen LogP) is 0.976. The van der Waals surface area contributed by atoms with Crippen LogP contribution in [0.1, 0.15) is 17.2 Å². The van der Waals surface area contributed by atoms with E-state index in [9.17, 15) is 0 Å². The van der Waals surface area contributed by atoms with Crippen LogP contribution in [0.15, 0.2) is 12.1 Å². The quantitative estimate of drug-likeness (QED) is 0.737. The number of methoxy groups -OCH3 is 1. The Balaban J connectivity index is 3.20. The number of hydrogen-bond donors (Lipinski definition) is 3. The molecule has 0 bridgehead atoms. The number of hydrogen-bond acceptors (Lipinski definition) is 4. The van der Waals surface area contributed by atoms with Crippen molar-refractivity contribution >= 4 is 11.6 Å². The van der Waals surface area contributed by atoms with E-state index in [2.05, 4.69) is 0 Å². The number of nitrogens with two attached hydrogens (primary N) is 2. The van der Waals surface area contributed by atoms with Crippen LogP contribution in [-0.4, -0.2) is 24.9 Å². The highest BCUT2D eigenvalue weighted by molar-refractivity contribution is 6.30. The molecule has 0 saturated heterocycles. The summed E-state index contributed by atoms with van der Waals surface area (Å²) in [6.45, 7) is 1.70. The molecule has 0 aromatic heterocycles. The zero-order valence-corrected chi connectivity index (χ0v) is 10.2. The molecule has 0 aliphatic carbocycles. The number of ether oxygens (including phenoxy) is 1. The lowest BCUT2D eigenvalue weighted by Gasteiger charge is -2.21. The Morgan fingerprint density at radius 2 is 2.06 bits per heavy atom. The van der Waals surface area contributed by atoms with Crippen LogP contribution in [0.4, 0.5) is 0 Å². The SMILES string of the molecule is COc1c(C)cc(Cl)cc1C(N)C(N)CO. The van der Waals surface area contributed by atoms with Crippen molar-refractivity contribution in [3.63, 3.8) is 0 Å². The Bertz CT molecular complexity index is 371. The summed E-state index contributed by atoms with van der Waals surface area (Å²) in [4.78, 5) is 0. The molecular formula is C11H17ClN2O2. The summed E-state index contributed by atoms with van der Waals surface area (Å²) in [5.41, 5.74) is 13.2. The largest absolute Gasteiger partial charge is 0.496 e. The maximum atomic E-state index is 8.99. The standard InChI is InChI=1S/C11H17ClN2O2/c1-6-3-7(12)4-8(11(6)16-2)10(14)9(13)5-15/h3-4,9-10,15H,5,13-14H2,1-2H3. The Hall–Kier alpha value is -0.810. The third-order valence-electron chi connectivity index (χ3n) is 2.50. The third-order valence-corrected chi connectivity index (χ3v) is 2.72. The molecule has 0 aliphatic rings. The topological polar surface area (TPSA) is 81.5 Å². The maximum Gasteiger partial charge on any atom is 0.126 e. The van der Waals surface area contributed by atoms with Crippen LogP contribution in [0.5, 0.6) is 5.75 Å². The molecule has 4 nitrogen and oxygen atoms in total. The van der Waals surface area contributed by atoms with Gasteiger partial charge in [-0.3, -0.25) is 0 Å². The lowest BCUT2D eigenvalue weighted by atomic mass is 9.98. The van der Waals surface area contributed by atoms with Gasteiger partial charge in [0, 0.05) is 16.6 Å². The van der Waals surface area contributed by atoms with Gasteiger partial charge < -0.3 is 21.3 Å². The van der Waals surface area contributed by atoms with Gasteiger partial charge in [-0.2, -0.15) is 0 Å². The molecule has 5 heteroatoms. The maximum absolute atomic E-state index is 8.99. The van der Waals surface area contributed by atoms with Gasteiger partial charge in [0.2, 0.25) is 0 Å². The molecule has 1 rings (SSSR count). The summed E-state index contributed by atoms with van der Waals surface area (Å²) >= 11 is 5.96. The Kier molecular flexibility index (Phi) is 4.56. The molecule has 2 atom stereocenters. The first-order chi connectivity index (χ1) is 7.51. The van der Waals surface area contributed by atoms with Crippen molar-refractivity contribution in [3.8, 4) is 5.75 Å². The molecule has 0 heterocycles. The highest BCUT2D eigenvalue weighted by Gasteiger charge is 2.20. The van der Waals surface area contributed by atoms with E-state index in [0.717, 1.165) is 5.56 Å². The molecule has 90 valence electrons. The molecule has 0 amide bonds. The van der Waals surface area contributed by atoms with Gasteiger partial charge in [-0.15, -0.1) is 0 Å². The molecule has 16 heavy (non-hydrogen) atoms. The lowest BCUT2D eigenvalue weighted by molar-refractivity contribution is 0.248. The van der Waals surface area contributed by atoms with E-state index < -0.39 is 12.1 Å². The molecular weight excluding hydrogens is 228 g/mol. The molecule has 0 saturated carbocycles. The molecule has 2 unspecified atom stereocenters. The van der Waals surface area contributed by atoms with Crippen LogP contribution >= 0.6 is 11.6 Å². The van der Waals surface area contributed by atoms with Crippen LogP contribution in [-0.2, 0) is 0 Å². The molecule has 1 aromatic rings. The van der Waals surface area contributed by atoms with Gasteiger partial charge in [-0.05, 0) is 24.6 Å². The summed E-state index contributed by atoms with van der Waals surface area (Å²) in [5, 5.41) is 9.57. The minimum absolute atomic E-state index is 0.185. The Labute approximate surface area is 100 Å². The summed E-state index contributed by atoms with van der Waals surface area (Å²) in [6, 6.07) is 2.47. The summed E-state index contributed by atoms with van der Waals surface area (Å²) in [5.74, 6) is 0.667. The smallest absolute Gasteiger partial charge is 0.126 e. The second-order valence-electron chi connectivity index (χ2n) is 3.72. The molecule has 0 radical (unpaired) electrons. The van der Waals surface area contributed by atoms with Crippen molar-refractivity contribution in [1.29, 1.82) is 0 Å². The number of halogens is 1. The van der Waals surface area contributed by atoms with E-state index in [1.807, 2.05) is 6.92 Å². The van der Waals surface area contributed by atoms with Crippen LogP contribution < -0.4 is 16.2 Å². The van der Waals surface area contributed by atoms with Gasteiger partial charge >= 0.3 is 0 Å². The number of benzene rings is 1. The van der Waals surface area contributed by atoms with E-state index in [1.165, 1.54) is 0 Å². The molecule has 0 spiro atoms. The van der Waals surface area contributed by atoms with Crippen LogP contribution in [0.25, 0.3) is 0 Å². The highest BCUT2D eigenvalue weighted by atomic mass is 35.5. The summed E-state index contributed by atoms with van der Waals surface area (Å²) in [7, 11) is 1.57. The van der Waals surface area contributed by atoms with Crippen molar-refractivity contribution in [2.45, 2.75) is 19.0 Å². The monoisotopic (exact) mass is 244 g/mol. The second kappa shape index (κ2) is 5.50. The molecule has 0 aliphatic heterocycles. The summed E-state index contributed by atoms with van der Waals surface area (Å²) in [6.07, 6.45) is 0. The zero-order chi connectivity index (χ0) is 12.3. The van der Waals surface area contributed by atoms with Crippen LogP contribution in [0, 0.1) is 6.92 Å². The van der Waals surface area contributed by atoms with E-state index in [4.69, 9.17) is 32.9 Å². The average Bonchev–Trinajstić information content (AvgIpc) is 2.26. The van der Waals surface area contributed by atoms with Gasteiger partial charge in [0.15, 0.2) is 0 Å². The zero-order valence-electron chi connectivity index (χ0n) is 9.40. The Morgan fingerprint density at radius 3 is 2.56 bits per heavy atom. The van der Waals surface area contributed by atoms with Crippen molar-refractivity contribution in [1.82, 2.24) is 0 Å². The Morgan fingerprint density at radius 1 is 1.44 bits per heavy atom. The minimum Gasteiger partial charge on any atom is -0.496 e. The average molecular weight is 245 g/mol. The summed E-state index contributed by atoms with van der Waals surface area (Å²) < 4.78 is 5.27. The van der Waals surface area contributed by atoms with Gasteiger partial charge in [-0.1, -0.05) is 11.6 Å². The van der Waals surface area contributed by atoms with Gasteiger partial charge in [-0.25, -0.2) is 0 Å². The fourth-order valence-corrected chi connectivity index (χ4v) is 1.91. The first-order valence-electron chi connectivity index (χ1n) is 4.97. The normalized spacial score (nSPS) is 14.6. The number of rotatable bonds is 4. The minimum atomic E-state index is -0.535. The van der Waals surface area contributed by atoms with Crippen molar-refractivity contribution in [2.75, 3.05) is 13.7 Å². The van der Waals surface area contributed by atoms with Gasteiger partial charge in [0.05, 0.1) is 19.8 Å². The fraction of sp³-hybridized carbons (Fsp3) is 0.455. The van der Waals surface area contributed by atoms with E-state index in [0.29, 0.717) is 16.3 Å². The lowest BCUT2D eigenvalue weighted by Crippen LogP contribution is -2.37. The second-order valence-corrected chi connectivity index (χ2v) is 4.15. The number of aliphatic hydroxyl groups excluding tert-OH is 1. The van der Waals surface area contributed by atoms with Crippen LogP contribution in [0.3, 0.4) is 0 Å². The number of aliphatic hydroxyl groups is 1. The van der Waals surface area contributed by atoms with Crippen molar-refractivity contribution < 1.29 is 9.84 Å². The molecule has 1 aromatic carbocycles. The molecule has 5 N–H and O–H groups in total. The van der Waals surface area contributed by atoms with Gasteiger partial charge in [0.25, 0.3) is 0 Å². The van der Waals surface area contributed by atoms with E-state index in [-0.39, 0.29) is 6.61 Å². The van der Waals surface area contributed by atoms with E-state index in [1.54, 1.807) is 19.2 Å². The van der Waals surface area contributed by atoms with Crippen molar-refractivity contribution in [2.24, 2.45) is 11.5 Å². The van der Waals surface area contributed by atoms with Crippen LogP contribution in [0.2, 0.25) is 5.02 Å². The van der Waals surface area contributed by atoms with Gasteiger partial charge in [0.1, 0.15) is 5.75 Å². The predicted molar refractivity (Wildman–Crippen MR) is 64.7 cm³/mol.